The van der Waals surface area contributed by atoms with Crippen molar-refractivity contribution in [3.8, 4) is 0 Å². The molecule has 1 aromatic heterocycles. The summed E-state index contributed by atoms with van der Waals surface area (Å²) in [5.41, 5.74) is 2.87. The van der Waals surface area contributed by atoms with Crippen LogP contribution >= 0.6 is 0 Å². The van der Waals surface area contributed by atoms with Crippen molar-refractivity contribution >= 4 is 17.5 Å². The van der Waals surface area contributed by atoms with Gasteiger partial charge in [0.1, 0.15) is 17.5 Å². The molecule has 0 unspecified atom stereocenters. The molecule has 8 nitrogen and oxygen atoms in total. The zero-order chi connectivity index (χ0) is 24.3. The predicted octanol–water partition coefficient (Wildman–Crippen LogP) is 2.73. The Hall–Kier alpha value is -2.71. The van der Waals surface area contributed by atoms with Crippen LogP contribution < -0.4 is 10.2 Å². The number of nitrogens with one attached hydrogen (secondary N) is 1. The minimum Gasteiger partial charge on any atom is -0.378 e. The van der Waals surface area contributed by atoms with E-state index in [2.05, 4.69) is 50.3 Å². The maximum absolute atomic E-state index is 12.8. The van der Waals surface area contributed by atoms with Gasteiger partial charge in [-0.05, 0) is 36.8 Å². The number of anilines is 2. The van der Waals surface area contributed by atoms with E-state index in [1.165, 1.54) is 24.0 Å². The van der Waals surface area contributed by atoms with Gasteiger partial charge in [0.05, 0.1) is 19.8 Å². The van der Waals surface area contributed by atoms with E-state index < -0.39 is 0 Å². The second-order valence-electron chi connectivity index (χ2n) is 10.7. The molecule has 1 aromatic carbocycles. The Morgan fingerprint density at radius 1 is 0.944 bits per heavy atom. The van der Waals surface area contributed by atoms with Crippen LogP contribution in [0.25, 0.3) is 0 Å². The molecule has 2 aliphatic heterocycles. The van der Waals surface area contributed by atoms with Gasteiger partial charge in [-0.2, -0.15) is 0 Å². The number of hydrogen-bond donors (Lipinski definition) is 1. The first kappa shape index (κ1) is 23.7. The van der Waals surface area contributed by atoms with Crippen molar-refractivity contribution < 1.29 is 9.53 Å². The second-order valence-corrected chi connectivity index (χ2v) is 10.7. The number of amides is 1. The van der Waals surface area contributed by atoms with Gasteiger partial charge in [-0.15, -0.1) is 0 Å². The van der Waals surface area contributed by atoms with Gasteiger partial charge in [-0.3, -0.25) is 9.69 Å². The summed E-state index contributed by atoms with van der Waals surface area (Å²) in [6.07, 6.45) is 6.61. The van der Waals surface area contributed by atoms with Crippen LogP contribution in [-0.2, 0) is 28.9 Å². The van der Waals surface area contributed by atoms with Crippen LogP contribution in [0.2, 0.25) is 0 Å². The third-order valence-corrected chi connectivity index (χ3v) is 8.25. The lowest BCUT2D eigenvalue weighted by molar-refractivity contribution is -0.137. The van der Waals surface area contributed by atoms with Crippen LogP contribution in [0.4, 0.5) is 11.6 Å². The lowest BCUT2D eigenvalue weighted by Gasteiger charge is -2.36. The Balaban J connectivity index is 1.13. The number of hydrogen-bond acceptors (Lipinski definition) is 7. The minimum absolute atomic E-state index is 0.264. The quantitative estimate of drug-likeness (QED) is 0.668. The van der Waals surface area contributed by atoms with Crippen LogP contribution in [-0.4, -0.2) is 84.2 Å². The fourth-order valence-electron chi connectivity index (χ4n) is 6.21. The molecule has 1 saturated carbocycles. The van der Waals surface area contributed by atoms with Crippen LogP contribution in [0.15, 0.2) is 30.3 Å². The second kappa shape index (κ2) is 10.7. The number of fused-ring (bicyclic) bond motifs is 1. The smallest absolute Gasteiger partial charge is 0.225 e. The Morgan fingerprint density at radius 3 is 2.33 bits per heavy atom. The largest absolute Gasteiger partial charge is 0.378 e. The van der Waals surface area contributed by atoms with Gasteiger partial charge < -0.3 is 19.9 Å². The summed E-state index contributed by atoms with van der Waals surface area (Å²) in [7, 11) is 0. The highest BCUT2D eigenvalue weighted by molar-refractivity contribution is 5.79. The first-order valence-electron chi connectivity index (χ1n) is 13.8. The molecule has 3 fully saturated rings. The van der Waals surface area contributed by atoms with E-state index in [1.807, 2.05) is 0 Å². The van der Waals surface area contributed by atoms with Crippen molar-refractivity contribution in [1.82, 2.24) is 19.8 Å². The summed E-state index contributed by atoms with van der Waals surface area (Å²) in [5, 5.41) is 3.72. The molecule has 6 rings (SSSR count). The summed E-state index contributed by atoms with van der Waals surface area (Å²) in [5.74, 6) is 3.39. The lowest BCUT2D eigenvalue weighted by Crippen LogP contribution is -2.49. The van der Waals surface area contributed by atoms with Crippen LogP contribution in [0.5, 0.6) is 0 Å². The molecule has 2 aliphatic carbocycles. The van der Waals surface area contributed by atoms with Gasteiger partial charge in [-0.25, -0.2) is 9.97 Å². The monoisotopic (exact) mass is 490 g/mol. The molecule has 3 heterocycles. The molecule has 8 heteroatoms. The number of nitrogens with zero attached hydrogens (tertiary/aromatic N) is 5. The van der Waals surface area contributed by atoms with Crippen molar-refractivity contribution in [1.29, 1.82) is 0 Å². The predicted molar refractivity (Wildman–Crippen MR) is 140 cm³/mol. The first-order valence-corrected chi connectivity index (χ1v) is 13.8. The number of rotatable bonds is 6. The average Bonchev–Trinajstić information content (AvgIpc) is 3.59. The minimum atomic E-state index is 0.264. The molecule has 2 saturated heterocycles. The number of aromatic nitrogens is 2. The third-order valence-electron chi connectivity index (χ3n) is 8.25. The Morgan fingerprint density at radius 2 is 1.64 bits per heavy atom. The molecule has 36 heavy (non-hydrogen) atoms. The van der Waals surface area contributed by atoms with Crippen molar-refractivity contribution in [3.63, 3.8) is 0 Å². The Labute approximate surface area is 214 Å². The topological polar surface area (TPSA) is 73.8 Å². The third kappa shape index (κ3) is 5.34. The zero-order valence-corrected chi connectivity index (χ0v) is 21.2. The normalized spacial score (nSPS) is 21.7. The first-order chi connectivity index (χ1) is 17.7. The average molecular weight is 491 g/mol. The standard InChI is InChI=1S/C28H38N6O2/c35-28(21-5-1-2-6-21)34-11-9-32(10-12-34)20-26-30-25(19-27(31-26)33-13-15-36-16-14-33)29-24-17-22-7-3-4-8-23(22)18-24/h3-4,7-8,19,21,24H,1-2,5-6,9-18,20H2,(H,29,30,31). The summed E-state index contributed by atoms with van der Waals surface area (Å²) < 4.78 is 5.57. The van der Waals surface area contributed by atoms with Crippen molar-refractivity contribution in [2.24, 2.45) is 5.92 Å². The summed E-state index contributed by atoms with van der Waals surface area (Å²) in [6.45, 7) is 7.26. The summed E-state index contributed by atoms with van der Waals surface area (Å²) in [6, 6.07) is 11.2. The lowest BCUT2D eigenvalue weighted by atomic mass is 10.1. The van der Waals surface area contributed by atoms with Gasteiger partial charge in [0.15, 0.2) is 0 Å². The van der Waals surface area contributed by atoms with E-state index in [4.69, 9.17) is 14.7 Å². The zero-order valence-electron chi connectivity index (χ0n) is 21.2. The number of carbonyl (C=O) groups excluding carboxylic acids is 1. The van der Waals surface area contributed by atoms with Crippen LogP contribution in [0.1, 0.15) is 42.6 Å². The van der Waals surface area contributed by atoms with Crippen LogP contribution in [0, 0.1) is 5.92 Å². The molecule has 192 valence electrons. The summed E-state index contributed by atoms with van der Waals surface area (Å²) >= 11 is 0. The van der Waals surface area contributed by atoms with Gasteiger partial charge in [0, 0.05) is 57.3 Å². The molecule has 2 aromatic rings. The van der Waals surface area contributed by atoms with Crippen molar-refractivity contribution in [2.45, 2.75) is 51.1 Å². The van der Waals surface area contributed by atoms with E-state index in [9.17, 15) is 4.79 Å². The molecular formula is C28H38N6O2. The number of piperazine rings is 1. The van der Waals surface area contributed by atoms with E-state index in [1.54, 1.807) is 0 Å². The number of carbonyl (C=O) groups is 1. The maximum atomic E-state index is 12.8. The Kier molecular flexibility index (Phi) is 7.05. The van der Waals surface area contributed by atoms with E-state index in [0.717, 1.165) is 95.6 Å². The highest BCUT2D eigenvalue weighted by Gasteiger charge is 2.30. The van der Waals surface area contributed by atoms with Gasteiger partial charge in [-0.1, -0.05) is 37.1 Å². The summed E-state index contributed by atoms with van der Waals surface area (Å²) in [4.78, 5) is 29.6. The van der Waals surface area contributed by atoms with Gasteiger partial charge in [0.2, 0.25) is 5.91 Å². The molecule has 0 bridgehead atoms. The fraction of sp³-hybridized carbons (Fsp3) is 0.607. The maximum Gasteiger partial charge on any atom is 0.225 e. The highest BCUT2D eigenvalue weighted by atomic mass is 16.5. The number of ether oxygens (including phenoxy) is 1. The molecule has 0 spiro atoms. The van der Waals surface area contributed by atoms with Crippen molar-refractivity contribution in [3.05, 3.63) is 47.3 Å². The molecular weight excluding hydrogens is 452 g/mol. The van der Waals surface area contributed by atoms with Crippen LogP contribution in [0.3, 0.4) is 0 Å². The Bertz CT molecular complexity index is 1030. The van der Waals surface area contributed by atoms with E-state index in [-0.39, 0.29) is 5.92 Å². The van der Waals surface area contributed by atoms with Crippen molar-refractivity contribution in [2.75, 3.05) is 62.7 Å². The number of benzene rings is 1. The van der Waals surface area contributed by atoms with E-state index >= 15 is 0 Å². The number of morpholine rings is 1. The highest BCUT2D eigenvalue weighted by Crippen LogP contribution is 2.28. The molecule has 4 aliphatic rings. The van der Waals surface area contributed by atoms with E-state index in [0.29, 0.717) is 18.5 Å². The van der Waals surface area contributed by atoms with Gasteiger partial charge in [0.25, 0.3) is 0 Å². The molecule has 1 amide bonds. The molecule has 0 atom stereocenters. The molecule has 1 N–H and O–H groups in total. The SMILES string of the molecule is O=C(C1CCCC1)N1CCN(Cc2nc(NC3Cc4ccccc4C3)cc(N3CCOCC3)n2)CC1. The van der Waals surface area contributed by atoms with Gasteiger partial charge >= 0.3 is 0 Å². The fourth-order valence-corrected chi connectivity index (χ4v) is 6.21. The molecule has 0 radical (unpaired) electrons.